The van der Waals surface area contributed by atoms with Crippen LogP contribution in [-0.4, -0.2) is 32.1 Å². The fraction of sp³-hybridized carbons (Fsp3) is 0.238. The number of rotatable bonds is 5. The van der Waals surface area contributed by atoms with Gasteiger partial charge in [0.2, 0.25) is 0 Å². The highest BCUT2D eigenvalue weighted by Gasteiger charge is 2.22. The molecule has 27 heavy (non-hydrogen) atoms. The number of hydrogen-bond acceptors (Lipinski definition) is 4. The van der Waals surface area contributed by atoms with Crippen LogP contribution in [0.1, 0.15) is 4.88 Å². The second-order valence-electron chi connectivity index (χ2n) is 6.55. The van der Waals surface area contributed by atoms with E-state index in [4.69, 9.17) is 16.3 Å². The van der Waals surface area contributed by atoms with Crippen LogP contribution in [0.5, 0.6) is 0 Å². The molecule has 6 heteroatoms. The summed E-state index contributed by atoms with van der Waals surface area (Å²) in [5, 5.41) is 0.779. The van der Waals surface area contributed by atoms with E-state index in [2.05, 4.69) is 61.5 Å². The normalized spacial score (nSPS) is 12.0. The molecule has 1 aliphatic rings. The number of benzene rings is 2. The van der Waals surface area contributed by atoms with E-state index in [0.29, 0.717) is 6.61 Å². The molecule has 1 aromatic heterocycles. The first-order valence-electron chi connectivity index (χ1n) is 8.54. The standard InChI is InChI=1S/C21H20ClNOS2.ClH/c1-23(2)9-10-24-13-15-12-18-16-5-3-4-6-19(16)26-20-11-14(22)7-8-17(20)21(18)25-15;/h3-8,11-12H,9-10,13H2,1-2H3;1H. The van der Waals surface area contributed by atoms with E-state index in [-0.39, 0.29) is 12.4 Å². The van der Waals surface area contributed by atoms with Crippen LogP contribution in [0.3, 0.4) is 0 Å². The summed E-state index contributed by atoms with van der Waals surface area (Å²) in [4.78, 5) is 7.19. The van der Waals surface area contributed by atoms with Gasteiger partial charge in [0.05, 0.1) is 13.2 Å². The van der Waals surface area contributed by atoms with E-state index in [1.807, 2.05) is 17.4 Å². The molecule has 0 amide bonds. The van der Waals surface area contributed by atoms with Crippen molar-refractivity contribution in [2.75, 3.05) is 27.2 Å². The summed E-state index contributed by atoms with van der Waals surface area (Å²) >= 11 is 9.88. The zero-order valence-corrected chi connectivity index (χ0v) is 18.4. The predicted octanol–water partition coefficient (Wildman–Crippen LogP) is 6.70. The highest BCUT2D eigenvalue weighted by molar-refractivity contribution is 7.99. The summed E-state index contributed by atoms with van der Waals surface area (Å²) < 4.78 is 5.88. The number of hydrogen-bond donors (Lipinski definition) is 0. The highest BCUT2D eigenvalue weighted by Crippen LogP contribution is 2.51. The average molecular weight is 438 g/mol. The maximum absolute atomic E-state index is 6.27. The molecule has 0 unspecified atom stereocenters. The minimum Gasteiger partial charge on any atom is -0.375 e. The maximum Gasteiger partial charge on any atom is 0.0810 e. The Bertz CT molecular complexity index is 940. The minimum absolute atomic E-state index is 0. The topological polar surface area (TPSA) is 12.5 Å². The number of ether oxygens (including phenoxy) is 1. The van der Waals surface area contributed by atoms with E-state index in [9.17, 15) is 0 Å². The zero-order valence-electron chi connectivity index (χ0n) is 15.2. The summed E-state index contributed by atoms with van der Waals surface area (Å²) in [6.07, 6.45) is 0. The Kier molecular flexibility index (Phi) is 6.90. The molecule has 4 rings (SSSR count). The molecule has 3 aromatic rings. The quantitative estimate of drug-likeness (QED) is 0.322. The van der Waals surface area contributed by atoms with Gasteiger partial charge in [-0.1, -0.05) is 47.6 Å². The van der Waals surface area contributed by atoms with Gasteiger partial charge in [0.15, 0.2) is 0 Å². The molecule has 0 saturated heterocycles. The van der Waals surface area contributed by atoms with E-state index in [1.165, 1.54) is 36.2 Å². The number of likely N-dealkylation sites (N-methyl/N-ethyl adjacent to an activating group) is 1. The van der Waals surface area contributed by atoms with Gasteiger partial charge in [0, 0.05) is 42.2 Å². The molecule has 2 aromatic carbocycles. The van der Waals surface area contributed by atoms with E-state index < -0.39 is 0 Å². The molecule has 0 radical (unpaired) electrons. The van der Waals surface area contributed by atoms with Gasteiger partial charge in [0.1, 0.15) is 0 Å². The smallest absolute Gasteiger partial charge is 0.0810 e. The van der Waals surface area contributed by atoms with Crippen molar-refractivity contribution in [2.45, 2.75) is 16.4 Å². The first kappa shape index (κ1) is 20.7. The Balaban J connectivity index is 0.00000210. The third kappa shape index (κ3) is 4.53. The van der Waals surface area contributed by atoms with Crippen molar-refractivity contribution in [2.24, 2.45) is 0 Å². The van der Waals surface area contributed by atoms with Crippen molar-refractivity contribution >= 4 is 47.1 Å². The predicted molar refractivity (Wildman–Crippen MR) is 120 cm³/mol. The number of nitrogens with zero attached hydrogens (tertiary/aromatic N) is 1. The van der Waals surface area contributed by atoms with Gasteiger partial charge >= 0.3 is 0 Å². The first-order valence-corrected chi connectivity index (χ1v) is 10.6. The van der Waals surface area contributed by atoms with Crippen molar-refractivity contribution in [1.82, 2.24) is 4.90 Å². The minimum atomic E-state index is 0. The Labute approximate surface area is 179 Å². The lowest BCUT2D eigenvalue weighted by atomic mass is 10.0. The summed E-state index contributed by atoms with van der Waals surface area (Å²) in [5.74, 6) is 0. The molecule has 1 aliphatic heterocycles. The monoisotopic (exact) mass is 437 g/mol. The molecular weight excluding hydrogens is 417 g/mol. The molecule has 2 nitrogen and oxygen atoms in total. The van der Waals surface area contributed by atoms with E-state index in [1.54, 1.807) is 11.8 Å². The van der Waals surface area contributed by atoms with Crippen molar-refractivity contribution in [1.29, 1.82) is 0 Å². The average Bonchev–Trinajstić information content (AvgIpc) is 2.98. The molecule has 0 atom stereocenters. The molecule has 142 valence electrons. The van der Waals surface area contributed by atoms with Crippen LogP contribution >= 0.6 is 47.1 Å². The first-order chi connectivity index (χ1) is 12.6. The van der Waals surface area contributed by atoms with Gasteiger partial charge in [0.25, 0.3) is 0 Å². The van der Waals surface area contributed by atoms with Gasteiger partial charge in [-0.05, 0) is 43.9 Å². The molecule has 0 fully saturated rings. The van der Waals surface area contributed by atoms with Crippen molar-refractivity contribution < 1.29 is 4.74 Å². The van der Waals surface area contributed by atoms with Crippen LogP contribution in [0, 0.1) is 0 Å². The fourth-order valence-corrected chi connectivity index (χ4v) is 5.58. The van der Waals surface area contributed by atoms with Crippen molar-refractivity contribution in [3.05, 3.63) is 58.4 Å². The Hall–Kier alpha value is -1.01. The lowest BCUT2D eigenvalue weighted by Gasteiger charge is -2.09. The number of thiophene rings is 1. The lowest BCUT2D eigenvalue weighted by Crippen LogP contribution is -2.17. The second kappa shape index (κ2) is 8.99. The largest absolute Gasteiger partial charge is 0.375 e. The SMILES string of the molecule is CN(C)CCOCc1cc2c(s1)-c1ccc(Cl)cc1Sc1ccccc1-2.Cl. The molecule has 0 aliphatic carbocycles. The van der Waals surface area contributed by atoms with Crippen molar-refractivity contribution in [3.63, 3.8) is 0 Å². The maximum atomic E-state index is 6.27. The van der Waals surface area contributed by atoms with Crippen LogP contribution in [0.2, 0.25) is 5.02 Å². The summed E-state index contributed by atoms with van der Waals surface area (Å²) in [6, 6.07) is 17.1. The Morgan fingerprint density at radius 2 is 1.78 bits per heavy atom. The third-order valence-corrected chi connectivity index (χ3v) is 6.81. The van der Waals surface area contributed by atoms with Crippen LogP contribution in [0.4, 0.5) is 0 Å². The molecule has 0 saturated carbocycles. The second-order valence-corrected chi connectivity index (χ2v) is 9.21. The highest BCUT2D eigenvalue weighted by atomic mass is 35.5. The molecule has 2 heterocycles. The van der Waals surface area contributed by atoms with Gasteiger partial charge < -0.3 is 9.64 Å². The van der Waals surface area contributed by atoms with Gasteiger partial charge in [-0.3, -0.25) is 0 Å². The van der Waals surface area contributed by atoms with Crippen LogP contribution in [0.25, 0.3) is 21.6 Å². The third-order valence-electron chi connectivity index (χ3n) is 4.30. The van der Waals surface area contributed by atoms with Gasteiger partial charge in [-0.2, -0.15) is 0 Å². The molecule has 0 N–H and O–H groups in total. The van der Waals surface area contributed by atoms with Gasteiger partial charge in [-0.25, -0.2) is 0 Å². The zero-order chi connectivity index (χ0) is 18.1. The van der Waals surface area contributed by atoms with Gasteiger partial charge in [-0.15, -0.1) is 23.7 Å². The van der Waals surface area contributed by atoms with Crippen molar-refractivity contribution in [3.8, 4) is 21.6 Å². The number of halogens is 2. The van der Waals surface area contributed by atoms with Crippen LogP contribution in [0.15, 0.2) is 58.3 Å². The number of fused-ring (bicyclic) bond motifs is 5. The van der Waals surface area contributed by atoms with Crippen LogP contribution < -0.4 is 0 Å². The Morgan fingerprint density at radius 1 is 0.963 bits per heavy atom. The fourth-order valence-electron chi connectivity index (χ4n) is 3.00. The molecular formula is C21H21Cl2NOS2. The summed E-state index contributed by atoms with van der Waals surface area (Å²) in [6.45, 7) is 2.34. The lowest BCUT2D eigenvalue weighted by molar-refractivity contribution is 0.107. The van der Waals surface area contributed by atoms with Crippen LogP contribution in [-0.2, 0) is 11.3 Å². The van der Waals surface area contributed by atoms with E-state index >= 15 is 0 Å². The molecule has 0 spiro atoms. The Morgan fingerprint density at radius 3 is 2.59 bits per heavy atom. The molecule has 0 bridgehead atoms. The summed E-state index contributed by atoms with van der Waals surface area (Å²) in [5.41, 5.74) is 3.84. The van der Waals surface area contributed by atoms with E-state index in [0.717, 1.165) is 18.2 Å². The summed E-state index contributed by atoms with van der Waals surface area (Å²) in [7, 11) is 4.13.